The van der Waals surface area contributed by atoms with Gasteiger partial charge < -0.3 is 4.18 Å². The number of benzene rings is 2. The summed E-state index contributed by atoms with van der Waals surface area (Å²) in [6.07, 6.45) is 0. The molecular formula is C14H8Cl6O4S. The van der Waals surface area contributed by atoms with Crippen molar-refractivity contribution in [1.29, 1.82) is 0 Å². The number of hydrogen-bond donors (Lipinski definition) is 0. The number of hydrogen-bond acceptors (Lipinski definition) is 4. The van der Waals surface area contributed by atoms with E-state index in [1.807, 2.05) is 0 Å². The number of rotatable bonds is 5. The van der Waals surface area contributed by atoms with E-state index in [0.29, 0.717) is 21.2 Å². The summed E-state index contributed by atoms with van der Waals surface area (Å²) < 4.78 is 30.8. The van der Waals surface area contributed by atoms with Gasteiger partial charge in [0.15, 0.2) is 5.75 Å². The van der Waals surface area contributed by atoms with Crippen molar-refractivity contribution in [2.24, 2.45) is 0 Å². The summed E-state index contributed by atoms with van der Waals surface area (Å²) in [5, 5.41) is 0.945. The van der Waals surface area contributed by atoms with Crippen LogP contribution in [0.4, 0.5) is 0 Å². The first kappa shape index (κ1) is 21.2. The fraction of sp³-hybridized carbons (Fsp3) is 0.143. The molecule has 0 atom stereocenters. The molecule has 2 aromatic carbocycles. The van der Waals surface area contributed by atoms with Crippen LogP contribution >= 0.6 is 69.6 Å². The smallest absolute Gasteiger partial charge is 0.360 e. The minimum absolute atomic E-state index is 0.00889. The van der Waals surface area contributed by atoms with Gasteiger partial charge in [0.2, 0.25) is 3.79 Å². The lowest BCUT2D eigenvalue weighted by Crippen LogP contribution is -2.21. The van der Waals surface area contributed by atoms with E-state index >= 15 is 0 Å². The summed E-state index contributed by atoms with van der Waals surface area (Å²) in [7, 11) is -4.47. The van der Waals surface area contributed by atoms with Gasteiger partial charge in [0, 0.05) is 15.6 Å². The Labute approximate surface area is 174 Å². The summed E-state index contributed by atoms with van der Waals surface area (Å²) in [6.45, 7) is -0.714. The van der Waals surface area contributed by atoms with Gasteiger partial charge in [0.1, 0.15) is 6.61 Å². The van der Waals surface area contributed by atoms with E-state index in [2.05, 4.69) is 4.18 Å². The molecule has 0 radical (unpaired) electrons. The average Bonchev–Trinajstić information content (AvgIpc) is 2.49. The zero-order valence-electron chi connectivity index (χ0n) is 12.0. The van der Waals surface area contributed by atoms with E-state index < -0.39 is 20.8 Å². The van der Waals surface area contributed by atoms with Gasteiger partial charge in [-0.05, 0) is 35.9 Å². The van der Waals surface area contributed by atoms with Gasteiger partial charge in [-0.25, -0.2) is 4.18 Å². The molecule has 2 rings (SSSR count). The van der Waals surface area contributed by atoms with Crippen LogP contribution < -0.4 is 4.18 Å². The molecule has 136 valence electrons. The van der Waals surface area contributed by atoms with Crippen LogP contribution in [0.15, 0.2) is 36.4 Å². The monoisotopic (exact) mass is 482 g/mol. The zero-order valence-corrected chi connectivity index (χ0v) is 17.3. The molecule has 0 unspecified atom stereocenters. The van der Waals surface area contributed by atoms with E-state index in [0.717, 1.165) is 0 Å². The highest BCUT2D eigenvalue weighted by molar-refractivity contribution is 7.82. The Bertz CT molecular complexity index is 879. The quantitative estimate of drug-likeness (QED) is 0.466. The Hall–Kier alpha value is -0.110. The maximum Gasteiger partial charge on any atom is 0.449 e. The molecule has 0 fully saturated rings. The topological polar surface area (TPSA) is 52.6 Å². The zero-order chi connectivity index (χ0) is 18.8. The molecule has 4 nitrogen and oxygen atoms in total. The molecule has 0 spiro atoms. The molecule has 0 aliphatic rings. The lowest BCUT2D eigenvalue weighted by Gasteiger charge is -2.13. The summed E-state index contributed by atoms with van der Waals surface area (Å²) in [5.74, 6) is -0.159. The summed E-state index contributed by atoms with van der Waals surface area (Å²) >= 11 is 34.4. The van der Waals surface area contributed by atoms with E-state index in [4.69, 9.17) is 73.8 Å². The van der Waals surface area contributed by atoms with Crippen LogP contribution in [0.2, 0.25) is 15.1 Å². The van der Waals surface area contributed by atoms with Crippen molar-refractivity contribution in [2.45, 2.75) is 3.79 Å². The molecule has 0 aromatic heterocycles. The second kappa shape index (κ2) is 8.28. The molecule has 0 bridgehead atoms. The Balaban J connectivity index is 2.24. The Kier molecular flexibility index (Phi) is 7.02. The first-order valence-corrected chi connectivity index (χ1v) is 9.97. The molecule has 0 amide bonds. The minimum atomic E-state index is -4.47. The third kappa shape index (κ3) is 6.52. The van der Waals surface area contributed by atoms with Crippen molar-refractivity contribution >= 4 is 80.0 Å². The highest BCUT2D eigenvalue weighted by atomic mass is 35.6. The van der Waals surface area contributed by atoms with Gasteiger partial charge in [-0.1, -0.05) is 75.7 Å². The maximum atomic E-state index is 11.7. The van der Waals surface area contributed by atoms with Gasteiger partial charge in [-0.3, -0.25) is 0 Å². The Morgan fingerprint density at radius 2 is 1.60 bits per heavy atom. The van der Waals surface area contributed by atoms with Crippen LogP contribution in [0.3, 0.4) is 0 Å². The molecule has 0 saturated heterocycles. The van der Waals surface area contributed by atoms with Crippen molar-refractivity contribution in [3.05, 3.63) is 51.5 Å². The number of halogens is 6. The molecule has 11 heteroatoms. The van der Waals surface area contributed by atoms with Gasteiger partial charge >= 0.3 is 10.4 Å². The van der Waals surface area contributed by atoms with Gasteiger partial charge in [0.05, 0.1) is 5.02 Å². The van der Waals surface area contributed by atoms with E-state index in [1.54, 1.807) is 24.3 Å². The predicted octanol–water partition coefficient (Wildman–Crippen LogP) is 6.32. The van der Waals surface area contributed by atoms with Crippen LogP contribution in [-0.2, 0) is 14.6 Å². The summed E-state index contributed by atoms with van der Waals surface area (Å²) in [4.78, 5) is 0. The van der Waals surface area contributed by atoms with Gasteiger partial charge in [-0.2, -0.15) is 8.42 Å². The van der Waals surface area contributed by atoms with E-state index in [9.17, 15) is 8.42 Å². The van der Waals surface area contributed by atoms with E-state index in [1.165, 1.54) is 12.1 Å². The van der Waals surface area contributed by atoms with Crippen molar-refractivity contribution in [3.63, 3.8) is 0 Å². The molecule has 25 heavy (non-hydrogen) atoms. The Morgan fingerprint density at radius 3 is 2.20 bits per heavy atom. The highest BCUT2D eigenvalue weighted by Gasteiger charge is 2.26. The molecule has 2 aromatic rings. The van der Waals surface area contributed by atoms with Gasteiger partial charge in [0.25, 0.3) is 0 Å². The summed E-state index contributed by atoms with van der Waals surface area (Å²) in [5.41, 5.74) is 1.24. The SMILES string of the molecule is O=S(=O)(OCC(Cl)(Cl)Cl)Oc1ccc(-c2cc(Cl)ccc2Cl)cc1Cl. The third-order valence-electron chi connectivity index (χ3n) is 2.73. The lowest BCUT2D eigenvalue weighted by atomic mass is 10.1. The minimum Gasteiger partial charge on any atom is -0.360 e. The van der Waals surface area contributed by atoms with Gasteiger partial charge in [-0.15, -0.1) is 0 Å². The first-order valence-electron chi connectivity index (χ1n) is 6.37. The molecule has 0 aliphatic heterocycles. The van der Waals surface area contributed by atoms with Crippen LogP contribution in [0.25, 0.3) is 11.1 Å². The average molecular weight is 485 g/mol. The third-order valence-corrected chi connectivity index (χ3v) is 4.71. The van der Waals surface area contributed by atoms with Crippen LogP contribution in [-0.4, -0.2) is 18.8 Å². The van der Waals surface area contributed by atoms with Crippen molar-refractivity contribution in [3.8, 4) is 16.9 Å². The van der Waals surface area contributed by atoms with E-state index in [-0.39, 0.29) is 10.8 Å². The fourth-order valence-electron chi connectivity index (χ4n) is 1.73. The molecule has 0 N–H and O–H groups in total. The predicted molar refractivity (Wildman–Crippen MR) is 103 cm³/mol. The van der Waals surface area contributed by atoms with Crippen LogP contribution in [0.5, 0.6) is 5.75 Å². The maximum absolute atomic E-state index is 11.7. The largest absolute Gasteiger partial charge is 0.449 e. The lowest BCUT2D eigenvalue weighted by molar-refractivity contribution is 0.279. The highest BCUT2D eigenvalue weighted by Crippen LogP contribution is 2.36. The Morgan fingerprint density at radius 1 is 0.920 bits per heavy atom. The van der Waals surface area contributed by atoms with Crippen LogP contribution in [0.1, 0.15) is 0 Å². The fourth-order valence-corrected chi connectivity index (χ4v) is 3.48. The summed E-state index contributed by atoms with van der Waals surface area (Å²) in [6, 6.07) is 9.29. The van der Waals surface area contributed by atoms with Crippen molar-refractivity contribution in [1.82, 2.24) is 0 Å². The molecule has 0 saturated carbocycles. The molecule has 0 heterocycles. The molecule has 0 aliphatic carbocycles. The second-order valence-electron chi connectivity index (χ2n) is 4.64. The second-order valence-corrected chi connectivity index (χ2v) is 9.62. The standard InChI is InChI=1S/C14H8Cl6O4S/c15-9-2-3-11(16)10(6-9)8-1-4-13(12(17)5-8)24-25(21,22)23-7-14(18,19)20/h1-6H,7H2. The van der Waals surface area contributed by atoms with Crippen molar-refractivity contribution in [2.75, 3.05) is 6.61 Å². The molecular weight excluding hydrogens is 477 g/mol. The number of alkyl halides is 3. The normalized spacial score (nSPS) is 12.2. The van der Waals surface area contributed by atoms with Crippen LogP contribution in [0, 0.1) is 0 Å². The van der Waals surface area contributed by atoms with Crippen molar-refractivity contribution < 1.29 is 16.8 Å². The first-order chi connectivity index (χ1) is 11.5.